The predicted molar refractivity (Wildman–Crippen MR) is 418 cm³/mol. The highest BCUT2D eigenvalue weighted by atomic mass is 31.2. The van der Waals surface area contributed by atoms with Crippen molar-refractivity contribution >= 4 is 39.5 Å². The van der Waals surface area contributed by atoms with Gasteiger partial charge in [-0.1, -0.05) is 382 Å². The summed E-state index contributed by atoms with van der Waals surface area (Å²) in [5.41, 5.74) is 0. The van der Waals surface area contributed by atoms with Gasteiger partial charge in [-0.05, 0) is 43.4 Å². The molecule has 19 heteroatoms. The van der Waals surface area contributed by atoms with Crippen molar-refractivity contribution in [3.8, 4) is 0 Å². The topological polar surface area (TPSA) is 237 Å². The maximum absolute atomic E-state index is 13.1. The van der Waals surface area contributed by atoms with Crippen LogP contribution in [0.2, 0.25) is 0 Å². The molecule has 0 rings (SSSR count). The van der Waals surface area contributed by atoms with Crippen LogP contribution in [0.4, 0.5) is 0 Å². The first-order valence-electron chi connectivity index (χ1n) is 42.9. The monoisotopic (exact) mass is 1490 g/mol. The number of unbranched alkanes of at least 4 members (excludes halogenated alkanes) is 48. The van der Waals surface area contributed by atoms with Crippen molar-refractivity contribution in [3.05, 3.63) is 0 Å². The van der Waals surface area contributed by atoms with E-state index in [1.807, 2.05) is 0 Å². The number of hydrogen-bond acceptors (Lipinski definition) is 15. The van der Waals surface area contributed by atoms with E-state index in [0.717, 1.165) is 108 Å². The van der Waals surface area contributed by atoms with Crippen molar-refractivity contribution in [3.63, 3.8) is 0 Å². The molecule has 6 atom stereocenters. The van der Waals surface area contributed by atoms with Gasteiger partial charge in [0.15, 0.2) is 12.2 Å². The molecule has 0 aliphatic carbocycles. The number of esters is 4. The molecular weight excluding hydrogens is 1330 g/mol. The molecule has 0 aromatic carbocycles. The molecule has 606 valence electrons. The maximum Gasteiger partial charge on any atom is 0.472 e. The zero-order chi connectivity index (χ0) is 75.1. The Bertz CT molecular complexity index is 1980. The van der Waals surface area contributed by atoms with E-state index >= 15 is 0 Å². The summed E-state index contributed by atoms with van der Waals surface area (Å²) in [5, 5.41) is 10.7. The van der Waals surface area contributed by atoms with Gasteiger partial charge in [-0.15, -0.1) is 0 Å². The third-order valence-corrected chi connectivity index (χ3v) is 21.6. The second kappa shape index (κ2) is 73.2. The van der Waals surface area contributed by atoms with Gasteiger partial charge in [0.25, 0.3) is 0 Å². The van der Waals surface area contributed by atoms with Crippen molar-refractivity contribution in [2.75, 3.05) is 39.6 Å². The molecule has 0 radical (unpaired) electrons. The van der Waals surface area contributed by atoms with Gasteiger partial charge in [0.2, 0.25) is 0 Å². The number of phosphoric acid groups is 2. The summed E-state index contributed by atoms with van der Waals surface area (Å²) in [6.07, 6.45) is 62.5. The van der Waals surface area contributed by atoms with Crippen molar-refractivity contribution in [2.24, 2.45) is 17.8 Å². The van der Waals surface area contributed by atoms with Gasteiger partial charge < -0.3 is 33.8 Å². The van der Waals surface area contributed by atoms with Crippen LogP contribution < -0.4 is 0 Å². The lowest BCUT2D eigenvalue weighted by atomic mass is 9.99. The molecule has 0 heterocycles. The molecule has 0 fully saturated rings. The average Bonchev–Trinajstić information content (AvgIpc) is 0.916. The molecule has 0 aliphatic heterocycles. The number of rotatable bonds is 81. The fourth-order valence-electron chi connectivity index (χ4n) is 12.8. The smallest absolute Gasteiger partial charge is 0.462 e. The lowest BCUT2D eigenvalue weighted by Gasteiger charge is -2.21. The Morgan fingerprint density at radius 1 is 0.284 bits per heavy atom. The highest BCUT2D eigenvalue weighted by molar-refractivity contribution is 7.47. The first-order valence-corrected chi connectivity index (χ1v) is 45.9. The number of carbonyl (C=O) groups excluding carboxylic acids is 4. The summed E-state index contributed by atoms with van der Waals surface area (Å²) in [7, 11) is -9.92. The molecule has 17 nitrogen and oxygen atoms in total. The van der Waals surface area contributed by atoms with Crippen LogP contribution in [0.3, 0.4) is 0 Å². The van der Waals surface area contributed by atoms with Crippen molar-refractivity contribution < 1.29 is 80.2 Å². The molecule has 0 aliphatic rings. The summed E-state index contributed by atoms with van der Waals surface area (Å²) in [5.74, 6) is 0.204. The minimum atomic E-state index is -4.96. The van der Waals surface area contributed by atoms with Crippen LogP contribution in [0, 0.1) is 17.8 Å². The molecule has 0 spiro atoms. The summed E-state index contributed by atoms with van der Waals surface area (Å²) in [4.78, 5) is 73.1. The van der Waals surface area contributed by atoms with Crippen LogP contribution in [0.5, 0.6) is 0 Å². The Morgan fingerprint density at radius 3 is 0.745 bits per heavy atom. The van der Waals surface area contributed by atoms with Crippen molar-refractivity contribution in [1.82, 2.24) is 0 Å². The summed E-state index contributed by atoms with van der Waals surface area (Å²) < 4.78 is 68.8. The zero-order valence-electron chi connectivity index (χ0n) is 67.1. The van der Waals surface area contributed by atoms with Gasteiger partial charge in [-0.2, -0.15) is 0 Å². The maximum atomic E-state index is 13.1. The molecule has 0 amide bonds. The molecule has 3 N–H and O–H groups in total. The number of aliphatic hydroxyl groups is 1. The Balaban J connectivity index is 5.24. The standard InChI is InChI=1S/C83H162O17P2/c1-8-10-11-12-13-14-15-16-17-18-19-20-21-24-28-31-37-44-52-59-66-82(87)99-78(70-93-80(85)64-57-50-43-36-30-27-25-22-23-26-29-34-40-47-54-61-74(3)4)72-97-101(89,90)95-68-77(84)69-96-102(91,92)98-73-79(71-94-81(86)65-58-51-46-39-41-48-55-62-75(5)6)100-83(88)67-60-53-45-38-33-32-35-42-49-56-63-76(7)9-2/h74-79,84H,8-73H2,1-7H3,(H,89,90)(H,91,92)/t76?,77-,78-,79-/m1/s1. The Kier molecular flexibility index (Phi) is 71.8. The van der Waals surface area contributed by atoms with Crippen molar-refractivity contribution in [1.29, 1.82) is 0 Å². The van der Waals surface area contributed by atoms with Crippen LogP contribution in [-0.4, -0.2) is 96.7 Å². The van der Waals surface area contributed by atoms with Crippen molar-refractivity contribution in [2.45, 2.75) is 452 Å². The van der Waals surface area contributed by atoms with Crippen LogP contribution in [-0.2, 0) is 65.4 Å². The van der Waals surface area contributed by atoms with Gasteiger partial charge in [0, 0.05) is 25.7 Å². The fourth-order valence-corrected chi connectivity index (χ4v) is 14.4. The van der Waals surface area contributed by atoms with E-state index in [1.54, 1.807) is 0 Å². The van der Waals surface area contributed by atoms with Gasteiger partial charge >= 0.3 is 39.5 Å². The Labute approximate surface area is 626 Å². The largest absolute Gasteiger partial charge is 0.472 e. The van der Waals surface area contributed by atoms with Crippen LogP contribution in [0.15, 0.2) is 0 Å². The average molecular weight is 1490 g/mol. The zero-order valence-corrected chi connectivity index (χ0v) is 68.9. The van der Waals surface area contributed by atoms with Gasteiger partial charge in [0.1, 0.15) is 19.3 Å². The quantitative estimate of drug-likeness (QED) is 0.0222. The van der Waals surface area contributed by atoms with E-state index in [0.29, 0.717) is 31.6 Å². The number of phosphoric ester groups is 2. The normalized spacial score (nSPS) is 14.2. The van der Waals surface area contributed by atoms with E-state index in [-0.39, 0.29) is 25.7 Å². The second-order valence-corrected chi connectivity index (χ2v) is 34.0. The number of hydrogen-bond donors (Lipinski definition) is 3. The molecule has 3 unspecified atom stereocenters. The Hall–Kier alpha value is -1.94. The highest BCUT2D eigenvalue weighted by Crippen LogP contribution is 2.45. The number of aliphatic hydroxyl groups excluding tert-OH is 1. The van der Waals surface area contributed by atoms with E-state index in [9.17, 15) is 43.2 Å². The molecule has 102 heavy (non-hydrogen) atoms. The highest BCUT2D eigenvalue weighted by Gasteiger charge is 2.30. The fraction of sp³-hybridized carbons (Fsp3) is 0.952. The van der Waals surface area contributed by atoms with E-state index < -0.39 is 97.5 Å². The first-order chi connectivity index (χ1) is 49.3. The molecule has 0 saturated heterocycles. The SMILES string of the molecule is CCCCCCCCCCCCCCCCCCCCCCC(=O)O[C@H](COC(=O)CCCCCCCCCCCCCCCCCC(C)C)COP(=O)(O)OC[C@@H](O)COP(=O)(O)OC[C@@H](COC(=O)CCCCCCCCCC(C)C)OC(=O)CCCCCCCCCCCCC(C)CC. The third-order valence-electron chi connectivity index (χ3n) is 19.7. The number of carbonyl (C=O) groups is 4. The van der Waals surface area contributed by atoms with Gasteiger partial charge in [0.05, 0.1) is 26.4 Å². The Morgan fingerprint density at radius 2 is 0.500 bits per heavy atom. The lowest BCUT2D eigenvalue weighted by molar-refractivity contribution is -0.161. The first kappa shape index (κ1) is 100. The van der Waals surface area contributed by atoms with Gasteiger partial charge in [-0.3, -0.25) is 37.3 Å². The molecule has 0 aromatic heterocycles. The van der Waals surface area contributed by atoms with E-state index in [2.05, 4.69) is 48.5 Å². The minimum Gasteiger partial charge on any atom is -0.462 e. The van der Waals surface area contributed by atoms with E-state index in [1.165, 1.54) is 238 Å². The van der Waals surface area contributed by atoms with Crippen LogP contribution >= 0.6 is 15.6 Å². The summed E-state index contributed by atoms with van der Waals surface area (Å²) >= 11 is 0. The van der Waals surface area contributed by atoms with E-state index in [4.69, 9.17) is 37.0 Å². The third kappa shape index (κ3) is 74.9. The molecule has 0 bridgehead atoms. The lowest BCUT2D eigenvalue weighted by Crippen LogP contribution is -2.30. The molecule has 0 saturated carbocycles. The minimum absolute atomic E-state index is 0.106. The predicted octanol–water partition coefficient (Wildman–Crippen LogP) is 24.9. The summed E-state index contributed by atoms with van der Waals surface area (Å²) in [6, 6.07) is 0. The van der Waals surface area contributed by atoms with Gasteiger partial charge in [-0.25, -0.2) is 9.13 Å². The summed E-state index contributed by atoms with van der Waals surface area (Å²) in [6.45, 7) is 11.9. The van der Waals surface area contributed by atoms with Crippen LogP contribution in [0.1, 0.15) is 434 Å². The second-order valence-electron chi connectivity index (χ2n) is 31.1. The molecular formula is C83H162O17P2. The number of ether oxygens (including phenoxy) is 4. The van der Waals surface area contributed by atoms with Crippen LogP contribution in [0.25, 0.3) is 0 Å². The molecule has 0 aromatic rings.